The largest absolute Gasteiger partial charge is 0.476 e. The van der Waals surface area contributed by atoms with Gasteiger partial charge in [-0.3, -0.25) is 4.79 Å². The van der Waals surface area contributed by atoms with E-state index in [-0.39, 0.29) is 17.6 Å². The fourth-order valence-corrected chi connectivity index (χ4v) is 3.65. The molecule has 0 radical (unpaired) electrons. The molecule has 0 aliphatic carbocycles. The smallest absolute Gasteiger partial charge is 0.356 e. The summed E-state index contributed by atoms with van der Waals surface area (Å²) in [6, 6.07) is 0. The zero-order valence-electron chi connectivity index (χ0n) is 12.9. The molecular weight excluding hydrogens is 286 g/mol. The summed E-state index contributed by atoms with van der Waals surface area (Å²) in [7, 11) is 3.39. The first kappa shape index (κ1) is 15.0. The molecule has 0 saturated carbocycles. The Hall–Kier alpha value is -1.89. The summed E-state index contributed by atoms with van der Waals surface area (Å²) in [5.41, 5.74) is 0.537. The van der Waals surface area contributed by atoms with Gasteiger partial charge in [0.15, 0.2) is 5.69 Å². The number of ether oxygens (including phenoxy) is 1. The number of carboxylic acids is 1. The molecule has 22 heavy (non-hydrogen) atoms. The summed E-state index contributed by atoms with van der Waals surface area (Å²) in [6.07, 6.45) is 2.41. The van der Waals surface area contributed by atoms with E-state index in [1.807, 2.05) is 4.57 Å². The highest BCUT2D eigenvalue weighted by Gasteiger charge is 2.38. The third-order valence-electron chi connectivity index (χ3n) is 4.69. The standard InChI is InChI=1S/C15H21N3O4/c1-17-7-5-9(8-17)13-16-11(14(19)20)12-10(15(21)22-2)4-3-6-18(12)13/h9-10H,3-8H2,1-2H3,(H,19,20). The SMILES string of the molecule is COC(=O)C1CCCn2c(C3CCN(C)C3)nc(C(=O)O)c21. The predicted molar refractivity (Wildman–Crippen MR) is 78.0 cm³/mol. The van der Waals surface area contributed by atoms with Gasteiger partial charge in [0.05, 0.1) is 18.7 Å². The molecule has 1 aromatic heterocycles. The van der Waals surface area contributed by atoms with Crippen molar-refractivity contribution in [2.75, 3.05) is 27.2 Å². The van der Waals surface area contributed by atoms with Crippen LogP contribution in [0.3, 0.4) is 0 Å². The highest BCUT2D eigenvalue weighted by molar-refractivity contribution is 5.90. The van der Waals surface area contributed by atoms with Gasteiger partial charge in [0, 0.05) is 19.0 Å². The molecule has 1 N–H and O–H groups in total. The Morgan fingerprint density at radius 2 is 2.09 bits per heavy atom. The summed E-state index contributed by atoms with van der Waals surface area (Å²) >= 11 is 0. The molecule has 7 heteroatoms. The summed E-state index contributed by atoms with van der Waals surface area (Å²) in [4.78, 5) is 30.2. The number of rotatable bonds is 3. The topological polar surface area (TPSA) is 84.7 Å². The Bertz CT molecular complexity index is 610. The van der Waals surface area contributed by atoms with Crippen molar-refractivity contribution < 1.29 is 19.4 Å². The first-order chi connectivity index (χ1) is 10.5. The number of aromatic carboxylic acids is 1. The van der Waals surface area contributed by atoms with E-state index in [2.05, 4.69) is 16.9 Å². The van der Waals surface area contributed by atoms with Crippen molar-refractivity contribution in [3.63, 3.8) is 0 Å². The Balaban J connectivity index is 2.07. The molecule has 0 aromatic carbocycles. The number of fused-ring (bicyclic) bond motifs is 1. The maximum Gasteiger partial charge on any atom is 0.356 e. The predicted octanol–water partition coefficient (Wildman–Crippen LogP) is 1.05. The van der Waals surface area contributed by atoms with Crippen molar-refractivity contribution in [1.82, 2.24) is 14.5 Å². The van der Waals surface area contributed by atoms with E-state index in [4.69, 9.17) is 4.74 Å². The number of hydrogen-bond acceptors (Lipinski definition) is 5. The number of imidazole rings is 1. The average Bonchev–Trinajstić information content (AvgIpc) is 3.09. The number of nitrogens with zero attached hydrogens (tertiary/aromatic N) is 3. The molecule has 7 nitrogen and oxygen atoms in total. The normalized spacial score (nSPS) is 25.0. The van der Waals surface area contributed by atoms with Gasteiger partial charge in [0.2, 0.25) is 0 Å². The summed E-state index contributed by atoms with van der Waals surface area (Å²) in [6.45, 7) is 2.58. The van der Waals surface area contributed by atoms with Crippen molar-refractivity contribution in [2.45, 2.75) is 37.6 Å². The van der Waals surface area contributed by atoms with Crippen LogP contribution in [-0.4, -0.2) is 58.7 Å². The van der Waals surface area contributed by atoms with E-state index in [1.165, 1.54) is 7.11 Å². The lowest BCUT2D eigenvalue weighted by Gasteiger charge is -2.25. The molecule has 1 saturated heterocycles. The van der Waals surface area contributed by atoms with Crippen LogP contribution in [0.1, 0.15) is 53.1 Å². The Morgan fingerprint density at radius 1 is 1.32 bits per heavy atom. The molecular formula is C15H21N3O4. The lowest BCUT2D eigenvalue weighted by Crippen LogP contribution is -2.26. The third kappa shape index (κ3) is 2.39. The van der Waals surface area contributed by atoms with Gasteiger partial charge in [-0.05, 0) is 32.9 Å². The number of carboxylic acid groups (broad SMARTS) is 1. The number of aromatic nitrogens is 2. The van der Waals surface area contributed by atoms with Gasteiger partial charge >= 0.3 is 11.9 Å². The van der Waals surface area contributed by atoms with E-state index in [1.54, 1.807) is 0 Å². The fourth-order valence-electron chi connectivity index (χ4n) is 3.65. The number of carbonyl (C=O) groups excluding carboxylic acids is 1. The third-order valence-corrected chi connectivity index (χ3v) is 4.69. The lowest BCUT2D eigenvalue weighted by atomic mass is 9.94. The number of likely N-dealkylation sites (N-methyl/N-ethyl adjacent to an activating group) is 1. The molecule has 2 atom stereocenters. The second kappa shape index (κ2) is 5.72. The maximum absolute atomic E-state index is 12.0. The maximum atomic E-state index is 12.0. The van der Waals surface area contributed by atoms with Crippen LogP contribution in [0.5, 0.6) is 0 Å². The molecule has 1 fully saturated rings. The molecule has 3 rings (SSSR count). The molecule has 2 aliphatic heterocycles. The minimum Gasteiger partial charge on any atom is -0.476 e. The van der Waals surface area contributed by atoms with Crippen molar-refractivity contribution >= 4 is 11.9 Å². The Kier molecular flexibility index (Phi) is 3.90. The minimum atomic E-state index is -1.07. The highest BCUT2D eigenvalue weighted by Crippen LogP contribution is 2.36. The van der Waals surface area contributed by atoms with Crippen LogP contribution in [0.2, 0.25) is 0 Å². The number of carbonyl (C=O) groups is 2. The number of likely N-dealkylation sites (tertiary alicyclic amines) is 1. The summed E-state index contributed by atoms with van der Waals surface area (Å²) in [5, 5.41) is 9.48. The van der Waals surface area contributed by atoms with E-state index in [0.29, 0.717) is 12.1 Å². The van der Waals surface area contributed by atoms with E-state index in [9.17, 15) is 14.7 Å². The number of hydrogen-bond donors (Lipinski definition) is 1. The van der Waals surface area contributed by atoms with Crippen molar-refractivity contribution in [3.05, 3.63) is 17.2 Å². The number of esters is 1. The second-order valence-corrected chi connectivity index (χ2v) is 6.13. The zero-order chi connectivity index (χ0) is 15.9. The molecule has 0 spiro atoms. The van der Waals surface area contributed by atoms with Crippen LogP contribution in [0.4, 0.5) is 0 Å². The van der Waals surface area contributed by atoms with E-state index in [0.717, 1.165) is 38.3 Å². The first-order valence-corrected chi connectivity index (χ1v) is 7.63. The Morgan fingerprint density at radius 3 is 2.68 bits per heavy atom. The molecule has 0 bridgehead atoms. The van der Waals surface area contributed by atoms with Crippen LogP contribution < -0.4 is 0 Å². The lowest BCUT2D eigenvalue weighted by molar-refractivity contribution is -0.143. The Labute approximate surface area is 128 Å². The van der Waals surface area contributed by atoms with Crippen LogP contribution >= 0.6 is 0 Å². The zero-order valence-corrected chi connectivity index (χ0v) is 12.9. The van der Waals surface area contributed by atoms with Crippen LogP contribution in [0.25, 0.3) is 0 Å². The number of methoxy groups -OCH3 is 1. The van der Waals surface area contributed by atoms with Gasteiger partial charge in [-0.1, -0.05) is 0 Å². The van der Waals surface area contributed by atoms with Gasteiger partial charge < -0.3 is 19.3 Å². The minimum absolute atomic E-state index is 0.0136. The molecule has 0 amide bonds. The van der Waals surface area contributed by atoms with Crippen LogP contribution in [0, 0.1) is 0 Å². The van der Waals surface area contributed by atoms with E-state index >= 15 is 0 Å². The molecule has 2 unspecified atom stereocenters. The van der Waals surface area contributed by atoms with Crippen molar-refractivity contribution in [3.8, 4) is 0 Å². The van der Waals surface area contributed by atoms with E-state index < -0.39 is 11.9 Å². The molecule has 2 aliphatic rings. The first-order valence-electron chi connectivity index (χ1n) is 7.63. The molecule has 3 heterocycles. The second-order valence-electron chi connectivity index (χ2n) is 6.13. The summed E-state index contributed by atoms with van der Waals surface area (Å²) < 4.78 is 6.81. The van der Waals surface area contributed by atoms with Gasteiger partial charge in [-0.2, -0.15) is 0 Å². The van der Waals surface area contributed by atoms with Gasteiger partial charge in [-0.15, -0.1) is 0 Å². The van der Waals surface area contributed by atoms with Crippen molar-refractivity contribution in [1.29, 1.82) is 0 Å². The van der Waals surface area contributed by atoms with Gasteiger partial charge in [0.1, 0.15) is 5.82 Å². The van der Waals surface area contributed by atoms with Crippen molar-refractivity contribution in [2.24, 2.45) is 0 Å². The van der Waals surface area contributed by atoms with Gasteiger partial charge in [0.25, 0.3) is 0 Å². The van der Waals surface area contributed by atoms with Gasteiger partial charge in [-0.25, -0.2) is 9.78 Å². The van der Waals surface area contributed by atoms with Crippen LogP contribution in [0.15, 0.2) is 0 Å². The average molecular weight is 307 g/mol. The van der Waals surface area contributed by atoms with Crippen LogP contribution in [-0.2, 0) is 16.1 Å². The molecule has 1 aromatic rings. The highest BCUT2D eigenvalue weighted by atomic mass is 16.5. The monoisotopic (exact) mass is 307 g/mol. The summed E-state index contributed by atoms with van der Waals surface area (Å²) in [5.74, 6) is -0.931. The fraction of sp³-hybridized carbons (Fsp3) is 0.667. The molecule has 120 valence electrons. The quantitative estimate of drug-likeness (QED) is 0.840.